The zero-order valence-corrected chi connectivity index (χ0v) is 15.6. The Morgan fingerprint density at radius 2 is 2.12 bits per heavy atom. The standard InChI is InChI=1S/C18H27N5O2/c1-11-12(2)20-17(19-11)16-8-14(25-5)10-23(16)9-13-6-7-15(21-13)18(24)22(3)4/h6-7,14,16,21H,8-10H2,1-5H3,(H,19,20)/t14-,16+/m1/s1. The SMILES string of the molecule is CO[C@@H]1C[C@@H](c2nc(C)c(C)[nH]2)N(Cc2ccc(C(=O)N(C)C)[nH]2)C1. The summed E-state index contributed by atoms with van der Waals surface area (Å²) in [6.07, 6.45) is 1.10. The summed E-state index contributed by atoms with van der Waals surface area (Å²) < 4.78 is 5.59. The minimum atomic E-state index is -0.0173. The van der Waals surface area contributed by atoms with E-state index in [4.69, 9.17) is 4.74 Å². The number of H-pyrrole nitrogens is 2. The van der Waals surface area contributed by atoms with Gasteiger partial charge in [0, 0.05) is 45.7 Å². The molecule has 0 saturated carbocycles. The summed E-state index contributed by atoms with van der Waals surface area (Å²) in [5, 5.41) is 0. The number of aryl methyl sites for hydroxylation is 2. The number of imidazole rings is 1. The maximum atomic E-state index is 12.1. The molecule has 0 unspecified atom stereocenters. The van der Waals surface area contributed by atoms with E-state index in [0.717, 1.165) is 42.4 Å². The third kappa shape index (κ3) is 3.62. The van der Waals surface area contributed by atoms with Crippen molar-refractivity contribution in [2.24, 2.45) is 0 Å². The number of nitrogens with zero attached hydrogens (tertiary/aromatic N) is 3. The molecule has 3 heterocycles. The van der Waals surface area contributed by atoms with E-state index in [0.29, 0.717) is 5.69 Å². The second-order valence-corrected chi connectivity index (χ2v) is 6.97. The third-order valence-corrected chi connectivity index (χ3v) is 4.92. The number of amides is 1. The van der Waals surface area contributed by atoms with E-state index in [1.54, 1.807) is 26.1 Å². The van der Waals surface area contributed by atoms with Gasteiger partial charge in [0.1, 0.15) is 11.5 Å². The van der Waals surface area contributed by atoms with E-state index in [1.807, 2.05) is 26.0 Å². The van der Waals surface area contributed by atoms with Crippen LogP contribution in [0.15, 0.2) is 12.1 Å². The van der Waals surface area contributed by atoms with Crippen LogP contribution in [0.5, 0.6) is 0 Å². The zero-order valence-electron chi connectivity index (χ0n) is 15.6. The number of aromatic nitrogens is 3. The number of ether oxygens (including phenoxy) is 1. The van der Waals surface area contributed by atoms with Gasteiger partial charge in [0.15, 0.2) is 0 Å². The normalized spacial score (nSPS) is 21.0. The molecule has 0 aliphatic carbocycles. The highest BCUT2D eigenvalue weighted by Gasteiger charge is 2.35. The maximum absolute atomic E-state index is 12.1. The molecule has 3 rings (SSSR count). The Kier molecular flexibility index (Phi) is 4.96. The second-order valence-electron chi connectivity index (χ2n) is 6.97. The fraction of sp³-hybridized carbons (Fsp3) is 0.556. The summed E-state index contributed by atoms with van der Waals surface area (Å²) in [6.45, 7) is 5.63. The molecule has 1 aliphatic rings. The predicted octanol–water partition coefficient (Wildman–Crippen LogP) is 2.02. The van der Waals surface area contributed by atoms with Crippen molar-refractivity contribution in [3.63, 3.8) is 0 Å². The number of hydrogen-bond donors (Lipinski definition) is 2. The Bertz CT molecular complexity index is 729. The second kappa shape index (κ2) is 7.01. The first-order valence-corrected chi connectivity index (χ1v) is 8.58. The molecule has 25 heavy (non-hydrogen) atoms. The molecule has 136 valence electrons. The van der Waals surface area contributed by atoms with E-state index in [2.05, 4.69) is 19.9 Å². The number of methoxy groups -OCH3 is 1. The van der Waals surface area contributed by atoms with Crippen molar-refractivity contribution in [2.75, 3.05) is 27.7 Å². The number of rotatable bonds is 5. The number of hydrogen-bond acceptors (Lipinski definition) is 4. The summed E-state index contributed by atoms with van der Waals surface area (Å²) in [6, 6.07) is 4.01. The molecule has 2 aromatic heterocycles. The van der Waals surface area contributed by atoms with Crippen LogP contribution >= 0.6 is 0 Å². The van der Waals surface area contributed by atoms with Gasteiger partial charge in [-0.2, -0.15) is 0 Å². The van der Waals surface area contributed by atoms with Crippen molar-refractivity contribution in [3.8, 4) is 0 Å². The first kappa shape index (κ1) is 17.7. The smallest absolute Gasteiger partial charge is 0.269 e. The van der Waals surface area contributed by atoms with E-state index in [-0.39, 0.29) is 18.1 Å². The molecule has 1 amide bonds. The first-order chi connectivity index (χ1) is 11.9. The lowest BCUT2D eigenvalue weighted by Crippen LogP contribution is -2.26. The molecule has 0 spiro atoms. The fourth-order valence-corrected chi connectivity index (χ4v) is 3.34. The minimum absolute atomic E-state index is 0.0173. The Labute approximate surface area is 148 Å². The fourth-order valence-electron chi connectivity index (χ4n) is 3.34. The van der Waals surface area contributed by atoms with Crippen LogP contribution < -0.4 is 0 Å². The minimum Gasteiger partial charge on any atom is -0.380 e. The van der Waals surface area contributed by atoms with Gasteiger partial charge in [-0.25, -0.2) is 4.98 Å². The Morgan fingerprint density at radius 1 is 1.36 bits per heavy atom. The molecule has 0 bridgehead atoms. The molecule has 1 fully saturated rings. The quantitative estimate of drug-likeness (QED) is 0.869. The highest BCUT2D eigenvalue weighted by molar-refractivity contribution is 5.92. The number of nitrogens with one attached hydrogen (secondary N) is 2. The van der Waals surface area contributed by atoms with Crippen LogP contribution in [0.1, 0.15) is 45.9 Å². The van der Waals surface area contributed by atoms with Gasteiger partial charge in [-0.05, 0) is 32.4 Å². The van der Waals surface area contributed by atoms with Crippen LogP contribution in [-0.4, -0.2) is 64.5 Å². The van der Waals surface area contributed by atoms with E-state index in [1.165, 1.54) is 0 Å². The summed E-state index contributed by atoms with van der Waals surface area (Å²) in [5.41, 5.74) is 3.78. The van der Waals surface area contributed by atoms with Crippen molar-refractivity contribution in [3.05, 3.63) is 40.7 Å². The summed E-state index contributed by atoms with van der Waals surface area (Å²) in [5.74, 6) is 0.974. The maximum Gasteiger partial charge on any atom is 0.269 e. The molecular weight excluding hydrogens is 318 g/mol. The summed E-state index contributed by atoms with van der Waals surface area (Å²) in [7, 11) is 5.26. The Balaban J connectivity index is 1.78. The highest BCUT2D eigenvalue weighted by atomic mass is 16.5. The largest absolute Gasteiger partial charge is 0.380 e. The molecular formula is C18H27N5O2. The molecule has 2 aromatic rings. The van der Waals surface area contributed by atoms with Crippen LogP contribution in [0.4, 0.5) is 0 Å². The summed E-state index contributed by atoms with van der Waals surface area (Å²) >= 11 is 0. The van der Waals surface area contributed by atoms with Crippen molar-refractivity contribution >= 4 is 5.91 Å². The lowest BCUT2D eigenvalue weighted by atomic mass is 10.2. The van der Waals surface area contributed by atoms with Crippen LogP contribution in [0.25, 0.3) is 0 Å². The van der Waals surface area contributed by atoms with Gasteiger partial charge >= 0.3 is 0 Å². The van der Waals surface area contributed by atoms with Crippen molar-refractivity contribution in [2.45, 2.75) is 39.0 Å². The van der Waals surface area contributed by atoms with E-state index >= 15 is 0 Å². The van der Waals surface area contributed by atoms with Crippen molar-refractivity contribution in [1.29, 1.82) is 0 Å². The van der Waals surface area contributed by atoms with E-state index in [9.17, 15) is 4.79 Å². The van der Waals surface area contributed by atoms with Crippen LogP contribution in [0.3, 0.4) is 0 Å². The van der Waals surface area contributed by atoms with Crippen molar-refractivity contribution in [1.82, 2.24) is 24.8 Å². The zero-order chi connectivity index (χ0) is 18.1. The Morgan fingerprint density at radius 3 is 2.72 bits per heavy atom. The lowest BCUT2D eigenvalue weighted by molar-refractivity contribution is 0.0822. The van der Waals surface area contributed by atoms with Gasteiger partial charge in [-0.15, -0.1) is 0 Å². The third-order valence-electron chi connectivity index (χ3n) is 4.92. The molecule has 1 aliphatic heterocycles. The Hall–Kier alpha value is -2.12. The van der Waals surface area contributed by atoms with Gasteiger partial charge in [0.2, 0.25) is 0 Å². The van der Waals surface area contributed by atoms with Crippen molar-refractivity contribution < 1.29 is 9.53 Å². The number of carbonyl (C=O) groups is 1. The molecule has 2 N–H and O–H groups in total. The number of aromatic amines is 2. The van der Waals surface area contributed by atoms with Crippen LogP contribution in [0, 0.1) is 13.8 Å². The topological polar surface area (TPSA) is 77.2 Å². The molecule has 7 heteroatoms. The predicted molar refractivity (Wildman–Crippen MR) is 95.4 cm³/mol. The highest BCUT2D eigenvalue weighted by Crippen LogP contribution is 2.33. The van der Waals surface area contributed by atoms with Gasteiger partial charge in [0.05, 0.1) is 17.8 Å². The van der Waals surface area contributed by atoms with E-state index < -0.39 is 0 Å². The van der Waals surface area contributed by atoms with Gasteiger partial charge < -0.3 is 19.6 Å². The lowest BCUT2D eigenvalue weighted by Gasteiger charge is -2.22. The monoisotopic (exact) mass is 345 g/mol. The van der Waals surface area contributed by atoms with Gasteiger partial charge in [-0.3, -0.25) is 9.69 Å². The molecule has 7 nitrogen and oxygen atoms in total. The van der Waals surface area contributed by atoms with Gasteiger partial charge in [0.25, 0.3) is 5.91 Å². The molecule has 2 atom stereocenters. The molecule has 1 saturated heterocycles. The average molecular weight is 345 g/mol. The molecule has 0 radical (unpaired) electrons. The summed E-state index contributed by atoms with van der Waals surface area (Å²) in [4.78, 5) is 27.3. The van der Waals surface area contributed by atoms with Gasteiger partial charge in [-0.1, -0.05) is 0 Å². The average Bonchev–Trinajstić information content (AvgIpc) is 3.27. The van der Waals surface area contributed by atoms with Crippen LogP contribution in [0.2, 0.25) is 0 Å². The number of carbonyl (C=O) groups excluding carboxylic acids is 1. The molecule has 0 aromatic carbocycles. The first-order valence-electron chi connectivity index (χ1n) is 8.58. The number of likely N-dealkylation sites (tertiary alicyclic amines) is 1. The van der Waals surface area contributed by atoms with Crippen LogP contribution in [-0.2, 0) is 11.3 Å².